The van der Waals surface area contributed by atoms with E-state index in [9.17, 15) is 18.8 Å². The summed E-state index contributed by atoms with van der Waals surface area (Å²) in [7, 11) is 1.40. The zero-order chi connectivity index (χ0) is 14.9. The van der Waals surface area contributed by atoms with Crippen molar-refractivity contribution in [2.45, 2.75) is 12.7 Å². The molecule has 6 nitrogen and oxygen atoms in total. The minimum Gasteiger partial charge on any atom is -0.496 e. The van der Waals surface area contributed by atoms with Crippen molar-refractivity contribution in [3.8, 4) is 5.75 Å². The van der Waals surface area contributed by atoms with Gasteiger partial charge in [-0.2, -0.15) is 0 Å². The first-order valence-electron chi connectivity index (χ1n) is 5.57. The van der Waals surface area contributed by atoms with Gasteiger partial charge in [0.25, 0.3) is 18.0 Å². The van der Waals surface area contributed by atoms with E-state index in [1.54, 1.807) is 23.5 Å². The molecule has 1 N–H and O–H groups in total. The van der Waals surface area contributed by atoms with E-state index in [-0.39, 0.29) is 11.6 Å². The molecule has 0 spiro atoms. The van der Waals surface area contributed by atoms with E-state index in [1.165, 1.54) is 7.11 Å². The number of hydrogen-bond acceptors (Lipinski definition) is 4. The third-order valence-corrected chi connectivity index (χ3v) is 3.15. The number of amides is 4. The Balaban J connectivity index is 2.32. The third-order valence-electron chi connectivity index (χ3n) is 2.80. The number of alkyl halides is 1. The zero-order valence-electron chi connectivity index (χ0n) is 10.4. The number of carbonyl (C=O) groups is 3. The molecular formula is C12H10ClFN2O4. The summed E-state index contributed by atoms with van der Waals surface area (Å²) in [6.45, 7) is -0.290. The second-order valence-electron chi connectivity index (χ2n) is 4.00. The molecule has 0 bridgehead atoms. The highest BCUT2D eigenvalue weighted by molar-refractivity contribution is 6.31. The van der Waals surface area contributed by atoms with Gasteiger partial charge in [0.2, 0.25) is 0 Å². The fourth-order valence-corrected chi connectivity index (χ4v) is 2.00. The lowest BCUT2D eigenvalue weighted by molar-refractivity contribution is -0.144. The summed E-state index contributed by atoms with van der Waals surface area (Å²) in [5, 5.41) is 2.02. The predicted molar refractivity (Wildman–Crippen MR) is 67.0 cm³/mol. The summed E-state index contributed by atoms with van der Waals surface area (Å²) in [6, 6.07) is 3.77. The molecule has 0 radical (unpaired) electrons. The normalized spacial score (nSPS) is 19.1. The Hall–Kier alpha value is -2.15. The first-order chi connectivity index (χ1) is 9.45. The van der Waals surface area contributed by atoms with Crippen molar-refractivity contribution in [2.75, 3.05) is 7.11 Å². The highest BCUT2D eigenvalue weighted by Gasteiger charge is 2.41. The second kappa shape index (κ2) is 5.46. The molecule has 2 rings (SSSR count). The van der Waals surface area contributed by atoms with Crippen LogP contribution in [-0.4, -0.2) is 36.0 Å². The average Bonchev–Trinajstić information content (AvgIpc) is 2.42. The van der Waals surface area contributed by atoms with E-state index in [0.717, 1.165) is 0 Å². The van der Waals surface area contributed by atoms with Gasteiger partial charge in [-0.3, -0.25) is 19.8 Å². The molecule has 0 aliphatic carbocycles. The van der Waals surface area contributed by atoms with E-state index < -0.39 is 24.0 Å². The molecule has 1 aliphatic rings. The molecule has 4 amide bonds. The van der Waals surface area contributed by atoms with Gasteiger partial charge >= 0.3 is 6.03 Å². The van der Waals surface area contributed by atoms with Crippen LogP contribution in [0.25, 0.3) is 0 Å². The largest absolute Gasteiger partial charge is 0.496 e. The van der Waals surface area contributed by atoms with Crippen LogP contribution >= 0.6 is 11.6 Å². The van der Waals surface area contributed by atoms with Crippen molar-refractivity contribution in [1.29, 1.82) is 0 Å². The second-order valence-corrected chi connectivity index (χ2v) is 4.41. The fourth-order valence-electron chi connectivity index (χ4n) is 1.78. The average molecular weight is 301 g/mol. The van der Waals surface area contributed by atoms with Gasteiger partial charge in [-0.25, -0.2) is 9.18 Å². The predicted octanol–water partition coefficient (Wildman–Crippen LogP) is 1.27. The lowest BCUT2D eigenvalue weighted by atomic mass is 10.1. The standard InChI is InChI=1S/C12H10ClFN2O4/c1-20-8-4-2-3-7(13)6(8)5-16-11(18)9(14)10(17)15-12(16)19/h2-4,9H,5H2,1H3,(H,15,17,19). The number of carbonyl (C=O) groups excluding carboxylic acids is 3. The zero-order valence-corrected chi connectivity index (χ0v) is 11.1. The quantitative estimate of drug-likeness (QED) is 0.853. The van der Waals surface area contributed by atoms with Crippen LogP contribution in [0.15, 0.2) is 18.2 Å². The molecule has 1 heterocycles. The minimum atomic E-state index is -2.40. The molecule has 1 unspecified atom stereocenters. The van der Waals surface area contributed by atoms with Crippen molar-refractivity contribution >= 4 is 29.4 Å². The van der Waals surface area contributed by atoms with Crippen molar-refractivity contribution in [3.63, 3.8) is 0 Å². The Kier molecular flexibility index (Phi) is 3.89. The highest BCUT2D eigenvalue weighted by atomic mass is 35.5. The number of hydrogen-bond donors (Lipinski definition) is 1. The SMILES string of the molecule is COc1cccc(Cl)c1CN1C(=O)NC(=O)C(F)C1=O. The first kappa shape index (κ1) is 14.3. The summed E-state index contributed by atoms with van der Waals surface area (Å²) in [5.41, 5.74) is 0.349. The lowest BCUT2D eigenvalue weighted by Gasteiger charge is -2.27. The van der Waals surface area contributed by atoms with E-state index >= 15 is 0 Å². The Labute approximate surface area is 118 Å². The summed E-state index contributed by atoms with van der Waals surface area (Å²) in [4.78, 5) is 34.8. The van der Waals surface area contributed by atoms with Gasteiger partial charge in [-0.1, -0.05) is 17.7 Å². The molecule has 1 aliphatic heterocycles. The Morgan fingerprint density at radius 3 is 2.75 bits per heavy atom. The maximum atomic E-state index is 13.4. The van der Waals surface area contributed by atoms with Gasteiger partial charge in [0.1, 0.15) is 5.75 Å². The molecule has 1 aromatic rings. The van der Waals surface area contributed by atoms with Crippen LogP contribution in [-0.2, 0) is 16.1 Å². The number of nitrogens with zero attached hydrogens (tertiary/aromatic N) is 1. The summed E-state index contributed by atoms with van der Waals surface area (Å²) < 4.78 is 18.4. The number of rotatable bonds is 3. The monoisotopic (exact) mass is 300 g/mol. The molecule has 0 aromatic heterocycles. The van der Waals surface area contributed by atoms with Gasteiger partial charge < -0.3 is 4.74 Å². The number of ether oxygens (including phenoxy) is 1. The molecule has 1 fully saturated rings. The topological polar surface area (TPSA) is 75.7 Å². The maximum absolute atomic E-state index is 13.4. The van der Waals surface area contributed by atoms with Crippen LogP contribution in [0, 0.1) is 0 Å². The molecule has 1 saturated heterocycles. The van der Waals surface area contributed by atoms with Gasteiger partial charge in [0, 0.05) is 10.6 Å². The van der Waals surface area contributed by atoms with Crippen LogP contribution in [0.3, 0.4) is 0 Å². The van der Waals surface area contributed by atoms with Gasteiger partial charge in [0.05, 0.1) is 13.7 Å². The molecule has 106 valence electrons. The first-order valence-corrected chi connectivity index (χ1v) is 5.95. The van der Waals surface area contributed by atoms with E-state index in [2.05, 4.69) is 0 Å². The van der Waals surface area contributed by atoms with Crippen LogP contribution in [0.2, 0.25) is 5.02 Å². The molecule has 8 heteroatoms. The minimum absolute atomic E-state index is 0.261. The number of halogens is 2. The van der Waals surface area contributed by atoms with Gasteiger partial charge in [-0.05, 0) is 12.1 Å². The molecule has 1 aromatic carbocycles. The summed E-state index contributed by atoms with van der Waals surface area (Å²) in [5.74, 6) is -2.13. The van der Waals surface area contributed by atoms with Crippen molar-refractivity contribution in [1.82, 2.24) is 10.2 Å². The number of imide groups is 2. The molecule has 0 saturated carbocycles. The van der Waals surface area contributed by atoms with Crippen molar-refractivity contribution in [2.24, 2.45) is 0 Å². The third kappa shape index (κ3) is 2.44. The van der Waals surface area contributed by atoms with Crippen molar-refractivity contribution < 1.29 is 23.5 Å². The summed E-state index contributed by atoms with van der Waals surface area (Å²) >= 11 is 5.98. The number of benzene rings is 1. The maximum Gasteiger partial charge on any atom is 0.331 e. The number of urea groups is 1. The van der Waals surface area contributed by atoms with E-state index in [4.69, 9.17) is 16.3 Å². The van der Waals surface area contributed by atoms with Crippen LogP contribution in [0.5, 0.6) is 5.75 Å². The number of nitrogens with one attached hydrogen (secondary N) is 1. The number of barbiturate groups is 1. The van der Waals surface area contributed by atoms with Crippen LogP contribution in [0.1, 0.15) is 5.56 Å². The number of methoxy groups -OCH3 is 1. The van der Waals surface area contributed by atoms with Crippen LogP contribution in [0.4, 0.5) is 9.18 Å². The smallest absolute Gasteiger partial charge is 0.331 e. The fraction of sp³-hybridized carbons (Fsp3) is 0.250. The lowest BCUT2D eigenvalue weighted by Crippen LogP contribution is -2.58. The molecule has 1 atom stereocenters. The summed E-state index contributed by atoms with van der Waals surface area (Å²) in [6.07, 6.45) is -2.40. The van der Waals surface area contributed by atoms with Crippen LogP contribution < -0.4 is 10.1 Å². The Morgan fingerprint density at radius 2 is 2.10 bits per heavy atom. The van der Waals surface area contributed by atoms with E-state index in [1.807, 2.05) is 0 Å². The van der Waals surface area contributed by atoms with Gasteiger partial charge in [-0.15, -0.1) is 0 Å². The Bertz CT molecular complexity index is 593. The van der Waals surface area contributed by atoms with Gasteiger partial charge in [0.15, 0.2) is 0 Å². The molecular weight excluding hydrogens is 291 g/mol. The van der Waals surface area contributed by atoms with Crippen molar-refractivity contribution in [3.05, 3.63) is 28.8 Å². The Morgan fingerprint density at radius 1 is 1.40 bits per heavy atom. The highest BCUT2D eigenvalue weighted by Crippen LogP contribution is 2.28. The molecule has 20 heavy (non-hydrogen) atoms. The van der Waals surface area contributed by atoms with E-state index in [0.29, 0.717) is 16.2 Å².